The monoisotopic (exact) mass is 314 g/mol. The van der Waals surface area contributed by atoms with Crippen molar-refractivity contribution in [2.75, 3.05) is 6.61 Å². The Labute approximate surface area is 128 Å². The maximum absolute atomic E-state index is 9.27. The SMILES string of the molecule is C[C@@H](O[Si](C)(C)C(C)(C)C)[C@@H](C#C[Si](C)(C)C)CCO. The van der Waals surface area contributed by atoms with Gasteiger partial charge in [-0.05, 0) is 31.5 Å². The van der Waals surface area contributed by atoms with Crippen LogP contribution in [0.25, 0.3) is 0 Å². The molecular weight excluding hydrogens is 280 g/mol. The van der Waals surface area contributed by atoms with E-state index < -0.39 is 16.4 Å². The maximum atomic E-state index is 9.27. The van der Waals surface area contributed by atoms with Crippen LogP contribution >= 0.6 is 0 Å². The highest BCUT2D eigenvalue weighted by molar-refractivity contribution is 6.83. The summed E-state index contributed by atoms with van der Waals surface area (Å²) in [6.07, 6.45) is 0.791. The third kappa shape index (κ3) is 7.07. The molecule has 20 heavy (non-hydrogen) atoms. The first-order valence-corrected chi connectivity index (χ1v) is 14.0. The molecule has 0 radical (unpaired) electrons. The Morgan fingerprint density at radius 3 is 1.95 bits per heavy atom. The van der Waals surface area contributed by atoms with Crippen LogP contribution in [0.4, 0.5) is 0 Å². The minimum absolute atomic E-state index is 0.0897. The van der Waals surface area contributed by atoms with Crippen LogP contribution in [-0.2, 0) is 4.43 Å². The highest BCUT2D eigenvalue weighted by Crippen LogP contribution is 2.38. The number of aliphatic hydroxyl groups excluding tert-OH is 1. The molecule has 1 N–H and O–H groups in total. The van der Waals surface area contributed by atoms with Crippen molar-refractivity contribution in [1.82, 2.24) is 0 Å². The molecule has 0 aliphatic carbocycles. The molecule has 0 rings (SSSR count). The normalized spacial score (nSPS) is 16.3. The van der Waals surface area contributed by atoms with E-state index in [1.165, 1.54) is 0 Å². The van der Waals surface area contributed by atoms with Crippen molar-refractivity contribution in [2.45, 2.75) is 78.0 Å². The summed E-state index contributed by atoms with van der Waals surface area (Å²) in [6, 6.07) is 0. The Bertz CT molecular complexity index is 353. The van der Waals surface area contributed by atoms with Crippen LogP contribution in [0.5, 0.6) is 0 Å². The van der Waals surface area contributed by atoms with Crippen molar-refractivity contribution in [3.63, 3.8) is 0 Å². The van der Waals surface area contributed by atoms with Gasteiger partial charge in [-0.3, -0.25) is 0 Å². The van der Waals surface area contributed by atoms with Crippen molar-refractivity contribution in [3.8, 4) is 11.5 Å². The molecule has 118 valence electrons. The minimum Gasteiger partial charge on any atom is -0.413 e. The minimum atomic E-state index is -1.77. The van der Waals surface area contributed by atoms with E-state index in [-0.39, 0.29) is 23.7 Å². The molecule has 0 aromatic carbocycles. The van der Waals surface area contributed by atoms with E-state index in [0.717, 1.165) is 0 Å². The Balaban J connectivity index is 4.99. The number of aliphatic hydroxyl groups is 1. The molecule has 0 saturated carbocycles. The molecular formula is C16H34O2Si2. The first-order chi connectivity index (χ1) is 8.80. The topological polar surface area (TPSA) is 29.5 Å². The lowest BCUT2D eigenvalue weighted by Crippen LogP contribution is -2.45. The van der Waals surface area contributed by atoms with Crippen molar-refractivity contribution >= 4 is 16.4 Å². The zero-order chi connectivity index (χ0) is 16.2. The van der Waals surface area contributed by atoms with Gasteiger partial charge in [0.2, 0.25) is 0 Å². The molecule has 4 heteroatoms. The predicted molar refractivity (Wildman–Crippen MR) is 94.1 cm³/mol. The van der Waals surface area contributed by atoms with Gasteiger partial charge in [-0.25, -0.2) is 0 Å². The second kappa shape index (κ2) is 7.26. The van der Waals surface area contributed by atoms with Crippen LogP contribution in [0.2, 0.25) is 37.8 Å². The lowest BCUT2D eigenvalue weighted by molar-refractivity contribution is 0.140. The summed E-state index contributed by atoms with van der Waals surface area (Å²) in [4.78, 5) is 0. The summed E-state index contributed by atoms with van der Waals surface area (Å²) in [6.45, 7) is 20.3. The summed E-state index contributed by atoms with van der Waals surface area (Å²) in [7, 11) is -3.15. The van der Waals surface area contributed by atoms with Gasteiger partial charge in [0, 0.05) is 12.5 Å². The molecule has 0 heterocycles. The van der Waals surface area contributed by atoms with Crippen molar-refractivity contribution in [3.05, 3.63) is 0 Å². The molecule has 0 saturated heterocycles. The number of hydrogen-bond acceptors (Lipinski definition) is 2. The van der Waals surface area contributed by atoms with Crippen molar-refractivity contribution < 1.29 is 9.53 Å². The smallest absolute Gasteiger partial charge is 0.192 e. The van der Waals surface area contributed by atoms with Gasteiger partial charge >= 0.3 is 0 Å². The molecule has 2 atom stereocenters. The molecule has 0 aromatic heterocycles. The summed E-state index contributed by atoms with van der Waals surface area (Å²) in [5, 5.41) is 9.48. The molecule has 0 bridgehead atoms. The fourth-order valence-corrected chi connectivity index (χ4v) is 3.66. The van der Waals surface area contributed by atoms with Gasteiger partial charge in [-0.2, -0.15) is 0 Å². The molecule has 0 amide bonds. The first kappa shape index (κ1) is 19.9. The summed E-state index contributed by atoms with van der Waals surface area (Å²) < 4.78 is 6.42. The molecule has 0 spiro atoms. The first-order valence-electron chi connectivity index (χ1n) is 7.61. The highest BCUT2D eigenvalue weighted by Gasteiger charge is 2.39. The van der Waals surface area contributed by atoms with E-state index in [1.807, 2.05) is 0 Å². The molecule has 0 aliphatic rings. The maximum Gasteiger partial charge on any atom is 0.192 e. The summed E-state index contributed by atoms with van der Waals surface area (Å²) in [5.74, 6) is 3.52. The Kier molecular flexibility index (Phi) is 7.23. The Hall–Kier alpha value is -0.0862. The average Bonchev–Trinajstić information content (AvgIpc) is 2.20. The van der Waals surface area contributed by atoms with Gasteiger partial charge in [-0.15, -0.1) is 11.5 Å². The van der Waals surface area contributed by atoms with Crippen molar-refractivity contribution in [2.24, 2.45) is 5.92 Å². The standard InChI is InChI=1S/C16H34O2Si2/c1-14(18-20(8,9)16(2,3)4)15(10-12-17)11-13-19(5,6)7/h14-15,17H,10,12H2,1-9H3/t14-,15-/m1/s1. The third-order valence-electron chi connectivity index (χ3n) is 3.93. The third-order valence-corrected chi connectivity index (χ3v) is 9.39. The quantitative estimate of drug-likeness (QED) is 0.606. The molecule has 0 aromatic rings. The van der Waals surface area contributed by atoms with Gasteiger partial charge in [0.1, 0.15) is 8.07 Å². The van der Waals surface area contributed by atoms with Gasteiger partial charge in [0.15, 0.2) is 8.32 Å². The van der Waals surface area contributed by atoms with Crippen LogP contribution < -0.4 is 0 Å². The van der Waals surface area contributed by atoms with E-state index in [2.05, 4.69) is 71.9 Å². The fraction of sp³-hybridized carbons (Fsp3) is 0.875. The zero-order valence-corrected chi connectivity index (χ0v) is 16.9. The van der Waals surface area contributed by atoms with E-state index in [0.29, 0.717) is 6.42 Å². The van der Waals surface area contributed by atoms with Crippen LogP contribution in [-0.4, -0.2) is 34.2 Å². The highest BCUT2D eigenvalue weighted by atomic mass is 28.4. The lowest BCUT2D eigenvalue weighted by Gasteiger charge is -2.39. The van der Waals surface area contributed by atoms with E-state index in [9.17, 15) is 5.11 Å². The van der Waals surface area contributed by atoms with E-state index in [1.54, 1.807) is 0 Å². The predicted octanol–water partition coefficient (Wildman–Crippen LogP) is 4.28. The van der Waals surface area contributed by atoms with Gasteiger partial charge in [0.25, 0.3) is 0 Å². The Morgan fingerprint density at radius 1 is 1.10 bits per heavy atom. The summed E-state index contributed by atoms with van der Waals surface area (Å²) >= 11 is 0. The van der Waals surface area contributed by atoms with Crippen LogP contribution in [0.3, 0.4) is 0 Å². The second-order valence-electron chi connectivity index (χ2n) is 8.22. The summed E-state index contributed by atoms with van der Waals surface area (Å²) in [5.41, 5.74) is 3.43. The number of rotatable bonds is 5. The second-order valence-corrected chi connectivity index (χ2v) is 17.7. The Morgan fingerprint density at radius 2 is 1.60 bits per heavy atom. The van der Waals surface area contributed by atoms with Gasteiger partial charge < -0.3 is 9.53 Å². The van der Waals surface area contributed by atoms with Gasteiger partial charge in [0.05, 0.1) is 6.10 Å². The van der Waals surface area contributed by atoms with Crippen LogP contribution in [0.1, 0.15) is 34.1 Å². The molecule has 0 aliphatic heterocycles. The molecule has 2 nitrogen and oxygen atoms in total. The molecule has 0 unspecified atom stereocenters. The number of hydrogen-bond donors (Lipinski definition) is 1. The van der Waals surface area contributed by atoms with Gasteiger partial charge in [-0.1, -0.05) is 40.4 Å². The van der Waals surface area contributed by atoms with Crippen molar-refractivity contribution in [1.29, 1.82) is 0 Å². The van der Waals surface area contributed by atoms with Crippen LogP contribution in [0.15, 0.2) is 0 Å². The molecule has 0 fully saturated rings. The fourth-order valence-electron chi connectivity index (χ4n) is 1.60. The van der Waals surface area contributed by atoms with E-state index in [4.69, 9.17) is 4.43 Å². The zero-order valence-electron chi connectivity index (χ0n) is 14.9. The average molecular weight is 315 g/mol. The largest absolute Gasteiger partial charge is 0.413 e. The van der Waals surface area contributed by atoms with E-state index >= 15 is 0 Å². The van der Waals surface area contributed by atoms with Crippen LogP contribution in [0, 0.1) is 17.4 Å². The lowest BCUT2D eigenvalue weighted by atomic mass is 10.0.